The Morgan fingerprint density at radius 2 is 2.00 bits per heavy atom. The molecule has 0 aliphatic rings. The lowest BCUT2D eigenvalue weighted by Gasteiger charge is -2.17. The fraction of sp³-hybridized carbons (Fsp3) is 0.400. The van der Waals surface area contributed by atoms with Gasteiger partial charge in [0.25, 0.3) is 0 Å². The van der Waals surface area contributed by atoms with Gasteiger partial charge in [-0.2, -0.15) is 5.10 Å². The Morgan fingerprint density at radius 3 is 2.69 bits per heavy atom. The maximum atomic E-state index is 4.21. The Morgan fingerprint density at radius 1 is 1.23 bits per heavy atom. The topological polar surface area (TPSA) is 30.2 Å². The fourth-order valence-corrected chi connectivity index (χ4v) is 1.43. The van der Waals surface area contributed by atoms with Crippen molar-refractivity contribution in [1.29, 1.82) is 0 Å². The second-order valence-corrected chi connectivity index (χ2v) is 4.21. The summed E-state index contributed by atoms with van der Waals surface area (Å²) in [6.07, 6.45) is 3.39. The van der Waals surface area contributed by atoms with E-state index in [0.29, 0.717) is 0 Å². The van der Waals surface area contributed by atoms with Crippen molar-refractivity contribution in [1.82, 2.24) is 14.6 Å². The predicted molar refractivity (Wildman–Crippen MR) is 51.7 cm³/mol. The summed E-state index contributed by atoms with van der Waals surface area (Å²) < 4.78 is 1.94. The van der Waals surface area contributed by atoms with Gasteiger partial charge in [-0.05, 0) is 12.1 Å². The Kier molecular flexibility index (Phi) is 1.62. The molecule has 68 valence electrons. The molecular formula is C10H13N3. The Balaban J connectivity index is 2.72. The number of rotatable bonds is 0. The van der Waals surface area contributed by atoms with E-state index in [2.05, 4.69) is 36.9 Å². The summed E-state index contributed by atoms with van der Waals surface area (Å²) >= 11 is 0. The van der Waals surface area contributed by atoms with Crippen LogP contribution in [0.4, 0.5) is 0 Å². The van der Waals surface area contributed by atoms with Gasteiger partial charge in [0.15, 0.2) is 0 Å². The zero-order valence-electron chi connectivity index (χ0n) is 8.15. The smallest absolute Gasteiger partial charge is 0.136 e. The third-order valence-corrected chi connectivity index (χ3v) is 2.09. The summed E-state index contributed by atoms with van der Waals surface area (Å²) in [6.45, 7) is 6.53. The number of fused-ring (bicyclic) bond motifs is 1. The Bertz CT molecular complexity index is 423. The van der Waals surface area contributed by atoms with Crippen LogP contribution in [0.25, 0.3) is 5.52 Å². The number of hydrogen-bond acceptors (Lipinski definition) is 2. The molecule has 0 N–H and O–H groups in total. The van der Waals surface area contributed by atoms with Crippen LogP contribution in [-0.4, -0.2) is 14.6 Å². The van der Waals surface area contributed by atoms with Crippen LogP contribution in [0.1, 0.15) is 26.5 Å². The van der Waals surface area contributed by atoms with Crippen molar-refractivity contribution in [2.75, 3.05) is 0 Å². The molecule has 0 amide bonds. The Hall–Kier alpha value is -1.38. The molecule has 3 nitrogen and oxygen atoms in total. The van der Waals surface area contributed by atoms with Crippen LogP contribution in [0.15, 0.2) is 24.7 Å². The van der Waals surface area contributed by atoms with Crippen molar-refractivity contribution in [3.63, 3.8) is 0 Å². The molecule has 0 spiro atoms. The molecule has 0 bridgehead atoms. The number of aromatic nitrogens is 3. The molecule has 0 aliphatic heterocycles. The molecular weight excluding hydrogens is 162 g/mol. The van der Waals surface area contributed by atoms with Crippen molar-refractivity contribution in [3.8, 4) is 0 Å². The van der Waals surface area contributed by atoms with Crippen LogP contribution in [-0.2, 0) is 5.41 Å². The van der Waals surface area contributed by atoms with Gasteiger partial charge < -0.3 is 0 Å². The maximum absolute atomic E-state index is 4.21. The van der Waals surface area contributed by atoms with E-state index in [0.717, 1.165) is 5.52 Å². The Labute approximate surface area is 77.4 Å². The molecule has 2 aromatic heterocycles. The molecule has 2 rings (SSSR count). The van der Waals surface area contributed by atoms with Crippen molar-refractivity contribution in [2.24, 2.45) is 0 Å². The average Bonchev–Trinajstić information content (AvgIpc) is 2.45. The minimum absolute atomic E-state index is 0.126. The summed E-state index contributed by atoms with van der Waals surface area (Å²) in [5, 5.41) is 4.21. The highest BCUT2D eigenvalue weighted by molar-refractivity contribution is 5.47. The zero-order valence-corrected chi connectivity index (χ0v) is 8.15. The highest BCUT2D eigenvalue weighted by Crippen LogP contribution is 2.22. The third kappa shape index (κ3) is 1.30. The van der Waals surface area contributed by atoms with E-state index in [9.17, 15) is 0 Å². The van der Waals surface area contributed by atoms with Gasteiger partial charge in [-0.25, -0.2) is 9.50 Å². The summed E-state index contributed by atoms with van der Waals surface area (Å²) in [5.41, 5.74) is 2.39. The largest absolute Gasteiger partial charge is 0.241 e. The minimum atomic E-state index is 0.126. The van der Waals surface area contributed by atoms with Gasteiger partial charge in [0.05, 0.1) is 11.7 Å². The van der Waals surface area contributed by atoms with Gasteiger partial charge in [-0.3, -0.25) is 0 Å². The molecule has 0 atom stereocenters. The van der Waals surface area contributed by atoms with E-state index in [1.165, 1.54) is 5.69 Å². The van der Waals surface area contributed by atoms with Crippen LogP contribution in [0.3, 0.4) is 0 Å². The normalized spacial score (nSPS) is 12.2. The molecule has 0 fully saturated rings. The van der Waals surface area contributed by atoms with E-state index in [1.54, 1.807) is 6.33 Å². The fourth-order valence-electron chi connectivity index (χ4n) is 1.43. The molecule has 3 heteroatoms. The standard InChI is InChI=1S/C10H13N3/c1-10(2,3)9-5-4-8-6-11-7-12-13(8)9/h4-7H,1-3H3. The van der Waals surface area contributed by atoms with E-state index in [-0.39, 0.29) is 5.41 Å². The van der Waals surface area contributed by atoms with Crippen molar-refractivity contribution in [2.45, 2.75) is 26.2 Å². The maximum Gasteiger partial charge on any atom is 0.136 e. The third-order valence-electron chi connectivity index (χ3n) is 2.09. The molecule has 0 unspecified atom stereocenters. The van der Waals surface area contributed by atoms with Gasteiger partial charge in [0.1, 0.15) is 6.33 Å². The van der Waals surface area contributed by atoms with E-state index in [4.69, 9.17) is 0 Å². The lowest BCUT2D eigenvalue weighted by atomic mass is 9.93. The summed E-state index contributed by atoms with van der Waals surface area (Å²) in [6, 6.07) is 4.14. The first-order valence-electron chi connectivity index (χ1n) is 4.37. The van der Waals surface area contributed by atoms with Gasteiger partial charge in [-0.1, -0.05) is 20.8 Å². The minimum Gasteiger partial charge on any atom is -0.241 e. The average molecular weight is 175 g/mol. The molecule has 13 heavy (non-hydrogen) atoms. The summed E-state index contributed by atoms with van der Waals surface area (Å²) in [4.78, 5) is 3.98. The van der Waals surface area contributed by atoms with Gasteiger partial charge in [0, 0.05) is 11.1 Å². The highest BCUT2D eigenvalue weighted by Gasteiger charge is 2.17. The predicted octanol–water partition coefficient (Wildman–Crippen LogP) is 2.03. The lowest BCUT2D eigenvalue weighted by molar-refractivity contribution is 0.550. The van der Waals surface area contributed by atoms with Gasteiger partial charge >= 0.3 is 0 Å². The van der Waals surface area contributed by atoms with Crippen LogP contribution in [0.5, 0.6) is 0 Å². The van der Waals surface area contributed by atoms with Crippen molar-refractivity contribution >= 4 is 5.52 Å². The van der Waals surface area contributed by atoms with Crippen LogP contribution < -0.4 is 0 Å². The van der Waals surface area contributed by atoms with Crippen LogP contribution in [0.2, 0.25) is 0 Å². The monoisotopic (exact) mass is 175 g/mol. The molecule has 0 aromatic carbocycles. The van der Waals surface area contributed by atoms with Crippen molar-refractivity contribution in [3.05, 3.63) is 30.4 Å². The highest BCUT2D eigenvalue weighted by atomic mass is 15.2. The first kappa shape index (κ1) is 8.23. The number of nitrogens with zero attached hydrogens (tertiary/aromatic N) is 3. The van der Waals surface area contributed by atoms with Gasteiger partial charge in [-0.15, -0.1) is 0 Å². The molecule has 0 radical (unpaired) electrons. The molecule has 2 heterocycles. The van der Waals surface area contributed by atoms with E-state index in [1.807, 2.05) is 16.8 Å². The first-order chi connectivity index (χ1) is 6.09. The van der Waals surface area contributed by atoms with E-state index < -0.39 is 0 Å². The molecule has 0 saturated heterocycles. The summed E-state index contributed by atoms with van der Waals surface area (Å²) in [7, 11) is 0. The lowest BCUT2D eigenvalue weighted by Crippen LogP contribution is -2.15. The first-order valence-corrected chi connectivity index (χ1v) is 4.37. The number of hydrogen-bond donors (Lipinski definition) is 0. The quantitative estimate of drug-likeness (QED) is 0.613. The second kappa shape index (κ2) is 2.55. The molecule has 0 saturated carbocycles. The zero-order chi connectivity index (χ0) is 9.47. The molecule has 0 aliphatic carbocycles. The van der Waals surface area contributed by atoms with Crippen LogP contribution >= 0.6 is 0 Å². The SMILES string of the molecule is CC(C)(C)c1ccc2cncnn12. The second-order valence-electron chi connectivity index (χ2n) is 4.21. The van der Waals surface area contributed by atoms with Gasteiger partial charge in [0.2, 0.25) is 0 Å². The van der Waals surface area contributed by atoms with Crippen molar-refractivity contribution < 1.29 is 0 Å². The van der Waals surface area contributed by atoms with Crippen LogP contribution in [0, 0.1) is 0 Å². The van der Waals surface area contributed by atoms with E-state index >= 15 is 0 Å². The summed E-state index contributed by atoms with van der Waals surface area (Å²) in [5.74, 6) is 0. The molecule has 2 aromatic rings.